The molecule has 44 heteroatoms. The van der Waals surface area contributed by atoms with E-state index in [4.69, 9.17) is 81.9 Å². The molecule has 0 atom stereocenters. The van der Waals surface area contributed by atoms with Gasteiger partial charge in [-0.25, -0.2) is 19.0 Å². The number of ether oxygens (including phenoxy) is 6. The second-order valence-corrected chi connectivity index (χ2v) is 41.9. The number of pyridine rings is 5. The molecule has 7 N–H and O–H groups in total. The predicted octanol–water partition coefficient (Wildman–Crippen LogP) is 18.5. The number of fused-ring (bicyclic) bond motifs is 5. The second kappa shape index (κ2) is 45.0. The Morgan fingerprint density at radius 2 is 0.857 bits per heavy atom. The van der Waals surface area contributed by atoms with Crippen LogP contribution >= 0.6 is 50.7 Å². The maximum atomic E-state index is 13.2. The van der Waals surface area contributed by atoms with Crippen LogP contribution in [0.15, 0.2) is 223 Å². The molecule has 0 saturated carbocycles. The van der Waals surface area contributed by atoms with Crippen LogP contribution in [0.4, 0.5) is 43.4 Å². The van der Waals surface area contributed by atoms with E-state index in [0.29, 0.717) is 95.0 Å². The van der Waals surface area contributed by atoms with Crippen LogP contribution < -0.4 is 49.4 Å². The van der Waals surface area contributed by atoms with E-state index in [2.05, 4.69) is 125 Å². The van der Waals surface area contributed by atoms with Crippen molar-refractivity contribution in [1.82, 2.24) is 54.7 Å². The number of carboxylic acids is 1. The number of amides is 2. The van der Waals surface area contributed by atoms with E-state index < -0.39 is 59.7 Å². The van der Waals surface area contributed by atoms with Gasteiger partial charge in [0.1, 0.15) is 64.1 Å². The molecule has 13 aromatic heterocycles. The number of nitrogens with two attached hydrogens (primary N) is 1. The van der Waals surface area contributed by atoms with Crippen molar-refractivity contribution in [3.63, 3.8) is 0 Å². The maximum absolute atomic E-state index is 13.2. The smallest absolute Gasteiger partial charge is 0.870 e. The van der Waals surface area contributed by atoms with Crippen LogP contribution in [0.1, 0.15) is 41.4 Å². The number of alkyl halides is 6. The zero-order chi connectivity index (χ0) is 88.9. The first-order valence-electron chi connectivity index (χ1n) is 36.8. The van der Waals surface area contributed by atoms with Crippen LogP contribution in [-0.4, -0.2) is 145 Å². The molecule has 13 heterocycles. The minimum Gasteiger partial charge on any atom is -0.870 e. The summed E-state index contributed by atoms with van der Waals surface area (Å²) in [5.41, 5.74) is 11.9. The maximum Gasteiger partial charge on any atom is 1.00 e. The van der Waals surface area contributed by atoms with E-state index in [1.54, 1.807) is 67.7 Å². The third-order valence-corrected chi connectivity index (χ3v) is 22.1. The summed E-state index contributed by atoms with van der Waals surface area (Å²) >= 11 is 21.5. The van der Waals surface area contributed by atoms with Gasteiger partial charge >= 0.3 is 50.6 Å². The Bertz CT molecular complexity index is 6360. The average molecular weight is 1890 g/mol. The molecule has 0 aliphatic heterocycles. The van der Waals surface area contributed by atoms with Crippen LogP contribution in [0.3, 0.4) is 0 Å². The molecule has 0 saturated heterocycles. The number of aromatic carboxylic acids is 1. The predicted molar refractivity (Wildman–Crippen MR) is 461 cm³/mol. The van der Waals surface area contributed by atoms with Crippen LogP contribution in [0.2, 0.25) is 66.4 Å². The normalized spacial score (nSPS) is 11.1. The summed E-state index contributed by atoms with van der Waals surface area (Å²) in [5, 5.41) is 34.0. The molecule has 0 unspecified atom stereocenters. The van der Waals surface area contributed by atoms with Gasteiger partial charge in [0.25, 0.3) is 11.8 Å². The van der Waals surface area contributed by atoms with Gasteiger partial charge in [-0.1, -0.05) is 74.1 Å². The molecule has 16 aromatic rings. The first kappa shape index (κ1) is 97.5. The summed E-state index contributed by atoms with van der Waals surface area (Å²) < 4.78 is 137. The van der Waals surface area contributed by atoms with Crippen molar-refractivity contribution in [1.29, 1.82) is 0 Å². The molecular weight excluding hydrogens is 1820 g/mol. The number of hydrogen-bond acceptors (Lipinski definition) is 25. The number of rotatable bonds is 25. The molecule has 0 aliphatic rings. The fourth-order valence-corrected chi connectivity index (χ4v) is 14.0. The largest absolute Gasteiger partial charge is 1.00 e. The molecule has 126 heavy (non-hydrogen) atoms. The molecule has 0 radical (unpaired) electrons. The molecule has 654 valence electrons. The van der Waals surface area contributed by atoms with Crippen molar-refractivity contribution in [2.45, 2.75) is 84.7 Å². The number of nitrogen functional groups attached to an aromatic ring is 1. The third kappa shape index (κ3) is 26.2. The number of carbonyl (C=O) groups excluding carboxylic acids is 3. The van der Waals surface area contributed by atoms with Crippen LogP contribution in [-0.2, 0) is 27.7 Å². The van der Waals surface area contributed by atoms with Crippen LogP contribution in [0.25, 0.3) is 88.6 Å². The van der Waals surface area contributed by atoms with Crippen molar-refractivity contribution >= 4 is 163 Å². The molecular formula is C82H75BrCl3F6LiN14O17Si2. The van der Waals surface area contributed by atoms with Crippen molar-refractivity contribution in [3.8, 4) is 51.0 Å². The fraction of sp³-hybridized carbons (Fsp3) is 0.195. The van der Waals surface area contributed by atoms with Gasteiger partial charge in [0, 0.05) is 150 Å². The van der Waals surface area contributed by atoms with E-state index in [1.165, 1.54) is 140 Å². The SMILES string of the molecule is Brc1cncc2ccoc12.COC(=O)c1cncc2ccoc12.C[Si](C)(C)CCOCn1ncc(N)c1-c1cc(Cl)ccc1OC(F)F.C[Si](C)(C)CCOCn1ncc(NC(=O)c2cncc3ccoc23)c1-c1cc(Cl)ccc1OC(F)F.O=C(Nc1cn[nH]c1-c1cc(Cl)ccc1OC(F)F)c1cncc2ccoc12.O=C(O)c1cncc2ccoc12.[Li+].[OH-]. The van der Waals surface area contributed by atoms with E-state index in [1.807, 2.05) is 6.07 Å². The number of furan rings is 5. The zero-order valence-corrected chi connectivity index (χ0v) is 73.7. The van der Waals surface area contributed by atoms with E-state index in [0.717, 1.165) is 32.9 Å². The van der Waals surface area contributed by atoms with E-state index in [-0.39, 0.29) is 99.9 Å². The van der Waals surface area contributed by atoms with Crippen molar-refractivity contribution in [2.24, 2.45) is 0 Å². The number of aromatic amines is 1. The van der Waals surface area contributed by atoms with Gasteiger partial charge in [0.05, 0.1) is 95.6 Å². The number of benzene rings is 3. The van der Waals surface area contributed by atoms with Crippen molar-refractivity contribution in [2.75, 3.05) is 36.7 Å². The average Bonchev–Trinajstić information content (AvgIpc) is 1.58. The van der Waals surface area contributed by atoms with Crippen LogP contribution in [0, 0.1) is 0 Å². The number of carboxylic acid groups (broad SMARTS) is 1. The second-order valence-electron chi connectivity index (χ2n) is 28.5. The van der Waals surface area contributed by atoms with E-state index in [9.17, 15) is 45.5 Å². The minimum atomic E-state index is -3.06. The fourth-order valence-electron chi connectivity index (χ4n) is 11.5. The molecule has 2 amide bonds. The zero-order valence-electron chi connectivity index (χ0n) is 67.8. The van der Waals surface area contributed by atoms with Gasteiger partial charge in [-0.3, -0.25) is 39.6 Å². The number of anilines is 3. The third-order valence-electron chi connectivity index (χ3n) is 17.4. The van der Waals surface area contributed by atoms with Gasteiger partial charge < -0.3 is 77.5 Å². The van der Waals surface area contributed by atoms with Gasteiger partial charge in [0.2, 0.25) is 0 Å². The molecule has 3 aromatic carbocycles. The topological polar surface area (TPSA) is 418 Å². The molecule has 0 aliphatic carbocycles. The Morgan fingerprint density at radius 1 is 0.492 bits per heavy atom. The van der Waals surface area contributed by atoms with Gasteiger partial charge in [-0.2, -0.15) is 41.6 Å². The first-order chi connectivity index (χ1) is 59.3. The number of aromatic nitrogens is 11. The summed E-state index contributed by atoms with van der Waals surface area (Å²) in [4.78, 5) is 67.4. The summed E-state index contributed by atoms with van der Waals surface area (Å²) in [7, 11) is -1.20. The number of nitrogens with zero attached hydrogens (tertiary/aromatic N) is 10. The Hall–Kier alpha value is -12.3. The number of carbonyl (C=O) groups is 4. The van der Waals surface area contributed by atoms with Crippen molar-refractivity contribution in [3.05, 3.63) is 239 Å². The van der Waals surface area contributed by atoms with Gasteiger partial charge in [-0.05, 0) is 113 Å². The number of hydrogen-bond donors (Lipinski definition) is 5. The van der Waals surface area contributed by atoms with Gasteiger partial charge in [0.15, 0.2) is 16.7 Å². The number of H-pyrrole nitrogens is 1. The van der Waals surface area contributed by atoms with E-state index >= 15 is 0 Å². The summed E-state index contributed by atoms with van der Waals surface area (Å²) in [6.07, 6.45) is 27.0. The summed E-state index contributed by atoms with van der Waals surface area (Å²) in [6, 6.07) is 23.4. The molecule has 31 nitrogen and oxygen atoms in total. The number of nitrogens with one attached hydrogen (secondary N) is 3. The molecule has 0 bridgehead atoms. The monoisotopic (exact) mass is 1890 g/mol. The summed E-state index contributed by atoms with van der Waals surface area (Å²) in [6.45, 7) is 5.75. The minimum absolute atomic E-state index is 0. The van der Waals surface area contributed by atoms with Crippen molar-refractivity contribution < 1.29 is 125 Å². The Kier molecular flexibility index (Phi) is 34.8. The number of halogens is 10. The van der Waals surface area contributed by atoms with Crippen LogP contribution in [0.5, 0.6) is 17.2 Å². The standard InChI is InChI=1S/C24H25ClF2N4O4Si.C18H11ClF2N4O3.C16H22ClF2N3O2Si.C9H7NO3.C8H5NO3.C7H4BrNO.Li.H2O/c1-36(2,3)9-8-33-14-31-21(17-10-16(25)4-5-20(17)35-24(26)27)19(13-29-31)30-23(32)18-12-28-11-15-6-7-34-22(15)18;19-10-1-2-14(28-18(20)21)11(5-10)15-13(8-23-25-15)24-17(26)12-7-22-6-9-3-4-27-16(9)12;1-25(2,3)7-6-23-10-22-15(13(20)9-21-22)12-8-11(17)4-5-14(12)24-16(18)19;1-12-9(11)7-5-10-4-6-2-3-13-8(6)7;10-8(11)6-4-9-3-5-1-2-12-7(5)6;8-6-4-9-3-5-1-2-10-7(5)6;;/h4-7,10-13,24H,8-9,14H2,1-3H3,(H,30,32);1-8,18H,(H,23,25)(H,24,26);4-5,8-9,16H,6-7,10,20H2,1-3H3;2-5H,1H3;1-4H,(H,10,11);1-4H;;1H2/q;;;;;;+1;/p-1. The Morgan fingerprint density at radius 3 is 1.29 bits per heavy atom. The summed E-state index contributed by atoms with van der Waals surface area (Å²) in [5.74, 6) is -2.74. The first-order valence-corrected chi connectivity index (χ1v) is 46.1. The molecule has 16 rings (SSSR count). The number of esters is 1. The molecule has 0 fully saturated rings. The Labute approximate surface area is 748 Å². The Balaban J connectivity index is 0.000000180. The molecule has 0 spiro atoms. The quantitative estimate of drug-likeness (QED) is 0.0153. The number of methoxy groups -OCH3 is 1. The van der Waals surface area contributed by atoms with Gasteiger partial charge in [-0.15, -0.1) is 0 Å².